The van der Waals surface area contributed by atoms with E-state index in [0.717, 1.165) is 30.9 Å². The molecule has 0 radical (unpaired) electrons. The molecule has 1 aromatic carbocycles. The van der Waals surface area contributed by atoms with Gasteiger partial charge >= 0.3 is 0 Å². The highest BCUT2D eigenvalue weighted by Gasteiger charge is 2.28. The average Bonchev–Trinajstić information content (AvgIpc) is 2.27. The fourth-order valence-corrected chi connectivity index (χ4v) is 2.35. The summed E-state index contributed by atoms with van der Waals surface area (Å²) in [5, 5.41) is 0. The molecule has 2 rings (SSSR count). The standard InChI is InChI=1S/C13H18N2OS/c1-13(2)9-15(7-8-16-13)11-6-4-3-5-10(11)12(14)17/h3-6H,7-9H2,1-2H3,(H2,14,17). The lowest BCUT2D eigenvalue weighted by molar-refractivity contribution is -0.0276. The first kappa shape index (κ1) is 12.3. The Morgan fingerprint density at radius 1 is 1.41 bits per heavy atom. The summed E-state index contributed by atoms with van der Waals surface area (Å²) in [6, 6.07) is 8.01. The van der Waals surface area contributed by atoms with Gasteiger partial charge in [-0.2, -0.15) is 0 Å². The summed E-state index contributed by atoms with van der Waals surface area (Å²) in [6.07, 6.45) is 0. The predicted octanol–water partition coefficient (Wildman–Crippen LogP) is 1.94. The van der Waals surface area contributed by atoms with Crippen LogP contribution in [0.2, 0.25) is 0 Å². The van der Waals surface area contributed by atoms with E-state index in [4.69, 9.17) is 22.7 Å². The van der Waals surface area contributed by atoms with Gasteiger partial charge in [0.25, 0.3) is 0 Å². The van der Waals surface area contributed by atoms with Crippen LogP contribution in [0.15, 0.2) is 24.3 Å². The smallest absolute Gasteiger partial charge is 0.106 e. The highest BCUT2D eigenvalue weighted by atomic mass is 32.1. The molecule has 1 aliphatic heterocycles. The predicted molar refractivity (Wildman–Crippen MR) is 74.6 cm³/mol. The molecule has 0 aromatic heterocycles. The molecule has 3 nitrogen and oxygen atoms in total. The van der Waals surface area contributed by atoms with E-state index in [1.165, 1.54) is 0 Å². The van der Waals surface area contributed by atoms with E-state index in [0.29, 0.717) is 4.99 Å². The lowest BCUT2D eigenvalue weighted by Gasteiger charge is -2.40. The normalized spacial score (nSPS) is 19.1. The molecule has 1 heterocycles. The highest BCUT2D eigenvalue weighted by molar-refractivity contribution is 7.80. The zero-order chi connectivity index (χ0) is 12.5. The minimum Gasteiger partial charge on any atom is -0.389 e. The molecular formula is C13H18N2OS. The van der Waals surface area contributed by atoms with Gasteiger partial charge in [-0.25, -0.2) is 0 Å². The molecule has 1 saturated heterocycles. The summed E-state index contributed by atoms with van der Waals surface area (Å²) in [6.45, 7) is 6.67. The number of hydrogen-bond acceptors (Lipinski definition) is 3. The van der Waals surface area contributed by atoms with E-state index in [1.807, 2.05) is 18.2 Å². The van der Waals surface area contributed by atoms with Gasteiger partial charge in [0.2, 0.25) is 0 Å². The highest BCUT2D eigenvalue weighted by Crippen LogP contribution is 2.26. The number of nitrogens with two attached hydrogens (primary N) is 1. The van der Waals surface area contributed by atoms with Crippen LogP contribution in [0.3, 0.4) is 0 Å². The fourth-order valence-electron chi connectivity index (χ4n) is 2.18. The van der Waals surface area contributed by atoms with Crippen molar-refractivity contribution >= 4 is 22.9 Å². The van der Waals surface area contributed by atoms with Crippen molar-refractivity contribution in [2.75, 3.05) is 24.6 Å². The molecule has 0 aliphatic carbocycles. The molecule has 1 aliphatic rings. The van der Waals surface area contributed by atoms with Crippen LogP contribution in [-0.4, -0.2) is 30.3 Å². The van der Waals surface area contributed by atoms with Crippen LogP contribution in [0.25, 0.3) is 0 Å². The molecule has 1 aromatic rings. The monoisotopic (exact) mass is 250 g/mol. The number of nitrogens with zero attached hydrogens (tertiary/aromatic N) is 1. The number of thiocarbonyl (C=S) groups is 1. The second-order valence-corrected chi connectivity index (χ2v) is 5.35. The lowest BCUT2D eigenvalue weighted by Crippen LogP contribution is -2.48. The number of para-hydroxylation sites is 1. The van der Waals surface area contributed by atoms with Gasteiger partial charge in [-0.1, -0.05) is 24.4 Å². The van der Waals surface area contributed by atoms with Crippen molar-refractivity contribution in [2.24, 2.45) is 5.73 Å². The lowest BCUT2D eigenvalue weighted by atomic mass is 10.1. The third kappa shape index (κ3) is 2.76. The molecule has 1 fully saturated rings. The topological polar surface area (TPSA) is 38.5 Å². The molecular weight excluding hydrogens is 232 g/mol. The maximum atomic E-state index is 5.76. The van der Waals surface area contributed by atoms with Crippen LogP contribution in [0.4, 0.5) is 5.69 Å². The molecule has 0 amide bonds. The van der Waals surface area contributed by atoms with Gasteiger partial charge in [0.1, 0.15) is 4.99 Å². The van der Waals surface area contributed by atoms with Crippen LogP contribution in [0.5, 0.6) is 0 Å². The van der Waals surface area contributed by atoms with E-state index in [9.17, 15) is 0 Å². The quantitative estimate of drug-likeness (QED) is 0.814. The third-order valence-corrected chi connectivity index (χ3v) is 3.16. The van der Waals surface area contributed by atoms with Gasteiger partial charge in [-0.15, -0.1) is 0 Å². The van der Waals surface area contributed by atoms with Crippen LogP contribution >= 0.6 is 12.2 Å². The van der Waals surface area contributed by atoms with Gasteiger partial charge in [0.15, 0.2) is 0 Å². The molecule has 92 valence electrons. The molecule has 2 N–H and O–H groups in total. The maximum absolute atomic E-state index is 5.76. The maximum Gasteiger partial charge on any atom is 0.106 e. The second kappa shape index (κ2) is 4.63. The third-order valence-electron chi connectivity index (χ3n) is 2.94. The summed E-state index contributed by atoms with van der Waals surface area (Å²) >= 11 is 5.10. The molecule has 0 saturated carbocycles. The Kier molecular flexibility index (Phi) is 3.35. The summed E-state index contributed by atoms with van der Waals surface area (Å²) in [4.78, 5) is 2.74. The van der Waals surface area contributed by atoms with Gasteiger partial charge < -0.3 is 15.4 Å². The largest absolute Gasteiger partial charge is 0.389 e. The zero-order valence-corrected chi connectivity index (χ0v) is 11.1. The van der Waals surface area contributed by atoms with E-state index >= 15 is 0 Å². The molecule has 4 heteroatoms. The van der Waals surface area contributed by atoms with E-state index in [-0.39, 0.29) is 5.60 Å². The number of anilines is 1. The Bertz CT molecular complexity index is 431. The Morgan fingerprint density at radius 3 is 2.76 bits per heavy atom. The SMILES string of the molecule is CC1(C)CN(c2ccccc2C(N)=S)CCO1. The van der Waals surface area contributed by atoms with Crippen LogP contribution in [-0.2, 0) is 4.74 Å². The molecule has 0 bridgehead atoms. The summed E-state index contributed by atoms with van der Waals surface area (Å²) in [7, 11) is 0. The first-order chi connectivity index (χ1) is 7.99. The van der Waals surface area contributed by atoms with E-state index < -0.39 is 0 Å². The first-order valence-electron chi connectivity index (χ1n) is 5.77. The van der Waals surface area contributed by atoms with Crippen molar-refractivity contribution in [3.8, 4) is 0 Å². The van der Waals surface area contributed by atoms with Crippen molar-refractivity contribution < 1.29 is 4.74 Å². The van der Waals surface area contributed by atoms with Crippen molar-refractivity contribution in [2.45, 2.75) is 19.4 Å². The summed E-state index contributed by atoms with van der Waals surface area (Å²) in [5.74, 6) is 0. The minimum absolute atomic E-state index is 0.123. The molecule has 0 unspecified atom stereocenters. The Hall–Kier alpha value is -1.13. The average molecular weight is 250 g/mol. The first-order valence-corrected chi connectivity index (χ1v) is 6.18. The number of ether oxygens (including phenoxy) is 1. The Balaban J connectivity index is 2.30. The number of rotatable bonds is 2. The van der Waals surface area contributed by atoms with Gasteiger partial charge in [0, 0.05) is 24.3 Å². The van der Waals surface area contributed by atoms with Gasteiger partial charge in [-0.3, -0.25) is 0 Å². The van der Waals surface area contributed by atoms with Gasteiger partial charge in [0.05, 0.1) is 12.2 Å². The van der Waals surface area contributed by atoms with Crippen LogP contribution < -0.4 is 10.6 Å². The molecule has 0 atom stereocenters. The van der Waals surface area contributed by atoms with E-state index in [1.54, 1.807) is 0 Å². The van der Waals surface area contributed by atoms with Crippen LogP contribution in [0.1, 0.15) is 19.4 Å². The number of morpholine rings is 1. The number of benzene rings is 1. The summed E-state index contributed by atoms with van der Waals surface area (Å²) in [5.41, 5.74) is 7.69. The van der Waals surface area contributed by atoms with Crippen molar-refractivity contribution in [1.29, 1.82) is 0 Å². The zero-order valence-electron chi connectivity index (χ0n) is 10.3. The van der Waals surface area contributed by atoms with Crippen molar-refractivity contribution in [1.82, 2.24) is 0 Å². The molecule has 0 spiro atoms. The second-order valence-electron chi connectivity index (χ2n) is 4.91. The van der Waals surface area contributed by atoms with Gasteiger partial charge in [-0.05, 0) is 26.0 Å². The summed E-state index contributed by atoms with van der Waals surface area (Å²) < 4.78 is 5.71. The fraction of sp³-hybridized carbons (Fsp3) is 0.462. The number of hydrogen-bond donors (Lipinski definition) is 1. The van der Waals surface area contributed by atoms with Crippen molar-refractivity contribution in [3.63, 3.8) is 0 Å². The minimum atomic E-state index is -0.123. The van der Waals surface area contributed by atoms with Crippen LogP contribution in [0, 0.1) is 0 Å². The Morgan fingerprint density at radius 2 is 2.12 bits per heavy atom. The van der Waals surface area contributed by atoms with Crippen molar-refractivity contribution in [3.05, 3.63) is 29.8 Å². The Labute approximate surface area is 108 Å². The van der Waals surface area contributed by atoms with E-state index in [2.05, 4.69) is 24.8 Å². The molecule has 17 heavy (non-hydrogen) atoms.